The number of ether oxygens (including phenoxy) is 1. The van der Waals surface area contributed by atoms with E-state index in [1.807, 2.05) is 0 Å². The van der Waals surface area contributed by atoms with Crippen molar-refractivity contribution in [3.8, 4) is 11.6 Å². The number of aromatic nitrogens is 2. The van der Waals surface area contributed by atoms with E-state index < -0.39 is 16.4 Å². The van der Waals surface area contributed by atoms with Crippen molar-refractivity contribution in [3.63, 3.8) is 0 Å². The first-order valence-corrected chi connectivity index (χ1v) is 6.14. The van der Waals surface area contributed by atoms with Crippen LogP contribution in [0.2, 0.25) is 5.15 Å². The standard InChI is InChI=1S/C10H5BrClFN4O3/c11-4-1-6(17(18)19)7(2-5(4)13)20-10-8(14)9(12)15-3-16-10/h1-3H,14H2. The smallest absolute Gasteiger partial charge is 0.312 e. The van der Waals surface area contributed by atoms with Crippen molar-refractivity contribution >= 4 is 38.9 Å². The summed E-state index contributed by atoms with van der Waals surface area (Å²) >= 11 is 8.52. The number of benzene rings is 1. The summed E-state index contributed by atoms with van der Waals surface area (Å²) in [6.07, 6.45) is 1.06. The van der Waals surface area contributed by atoms with Gasteiger partial charge in [0.2, 0.25) is 11.6 Å². The molecule has 0 aliphatic carbocycles. The Morgan fingerprint density at radius 2 is 2.15 bits per heavy atom. The molecule has 0 saturated carbocycles. The molecule has 1 heterocycles. The van der Waals surface area contributed by atoms with Gasteiger partial charge in [0.25, 0.3) is 0 Å². The van der Waals surface area contributed by atoms with Gasteiger partial charge in [0.1, 0.15) is 17.8 Å². The van der Waals surface area contributed by atoms with Crippen molar-refractivity contribution in [1.29, 1.82) is 0 Å². The third kappa shape index (κ3) is 2.78. The molecule has 1 aromatic carbocycles. The van der Waals surface area contributed by atoms with Crippen LogP contribution in [0.5, 0.6) is 11.6 Å². The second kappa shape index (κ2) is 5.55. The quantitative estimate of drug-likeness (QED) is 0.509. The number of nitrogen functional groups attached to an aromatic ring is 1. The van der Waals surface area contributed by atoms with Gasteiger partial charge in [0.05, 0.1) is 9.40 Å². The van der Waals surface area contributed by atoms with Crippen LogP contribution in [0.15, 0.2) is 22.9 Å². The summed E-state index contributed by atoms with van der Waals surface area (Å²) in [6.45, 7) is 0. The zero-order chi connectivity index (χ0) is 14.9. The van der Waals surface area contributed by atoms with E-state index in [-0.39, 0.29) is 26.9 Å². The Labute approximate surface area is 124 Å². The van der Waals surface area contributed by atoms with Crippen LogP contribution < -0.4 is 10.5 Å². The zero-order valence-electron chi connectivity index (χ0n) is 9.51. The van der Waals surface area contributed by atoms with Crippen LogP contribution >= 0.6 is 27.5 Å². The number of anilines is 1. The molecule has 0 amide bonds. The highest BCUT2D eigenvalue weighted by Gasteiger charge is 2.21. The lowest BCUT2D eigenvalue weighted by Crippen LogP contribution is -2.00. The normalized spacial score (nSPS) is 10.3. The van der Waals surface area contributed by atoms with E-state index in [1.165, 1.54) is 0 Å². The second-order valence-corrected chi connectivity index (χ2v) is 4.69. The Kier molecular flexibility index (Phi) is 4.00. The Balaban J connectivity index is 2.50. The minimum Gasteiger partial charge on any atom is -0.430 e. The van der Waals surface area contributed by atoms with E-state index in [9.17, 15) is 14.5 Å². The lowest BCUT2D eigenvalue weighted by atomic mass is 10.3. The van der Waals surface area contributed by atoms with Gasteiger partial charge in [-0.15, -0.1) is 0 Å². The van der Waals surface area contributed by atoms with E-state index in [0.717, 1.165) is 18.5 Å². The maximum atomic E-state index is 13.5. The van der Waals surface area contributed by atoms with E-state index in [2.05, 4.69) is 25.9 Å². The van der Waals surface area contributed by atoms with Crippen molar-refractivity contribution in [2.45, 2.75) is 0 Å². The molecular formula is C10H5BrClFN4O3. The fourth-order valence-electron chi connectivity index (χ4n) is 1.29. The van der Waals surface area contributed by atoms with Crippen molar-refractivity contribution in [3.05, 3.63) is 44.0 Å². The summed E-state index contributed by atoms with van der Waals surface area (Å²) in [6, 6.07) is 1.82. The highest BCUT2D eigenvalue weighted by Crippen LogP contribution is 2.37. The predicted molar refractivity (Wildman–Crippen MR) is 72.3 cm³/mol. The molecule has 0 atom stereocenters. The largest absolute Gasteiger partial charge is 0.430 e. The molecule has 7 nitrogen and oxygen atoms in total. The lowest BCUT2D eigenvalue weighted by Gasteiger charge is -2.08. The van der Waals surface area contributed by atoms with Gasteiger partial charge in [0, 0.05) is 12.1 Å². The Morgan fingerprint density at radius 3 is 2.80 bits per heavy atom. The molecular weight excluding hydrogens is 358 g/mol. The van der Waals surface area contributed by atoms with Crippen LogP contribution in [0.3, 0.4) is 0 Å². The first-order chi connectivity index (χ1) is 9.40. The van der Waals surface area contributed by atoms with Crippen molar-refractivity contribution in [2.24, 2.45) is 0 Å². The van der Waals surface area contributed by atoms with Crippen molar-refractivity contribution < 1.29 is 14.1 Å². The molecule has 2 N–H and O–H groups in total. The molecule has 20 heavy (non-hydrogen) atoms. The number of rotatable bonds is 3. The molecule has 104 valence electrons. The number of nitrogens with two attached hydrogens (primary N) is 1. The van der Waals surface area contributed by atoms with Gasteiger partial charge in [-0.1, -0.05) is 11.6 Å². The third-order valence-electron chi connectivity index (χ3n) is 2.20. The average Bonchev–Trinajstić information content (AvgIpc) is 2.38. The molecule has 2 rings (SSSR count). The van der Waals surface area contributed by atoms with Gasteiger partial charge < -0.3 is 10.5 Å². The molecule has 0 bridgehead atoms. The van der Waals surface area contributed by atoms with Gasteiger partial charge >= 0.3 is 5.69 Å². The number of nitro benzene ring substituents is 1. The molecule has 0 aliphatic heterocycles. The Bertz CT molecular complexity index is 700. The van der Waals surface area contributed by atoms with E-state index in [1.54, 1.807) is 0 Å². The number of nitrogens with zero attached hydrogens (tertiary/aromatic N) is 3. The van der Waals surface area contributed by atoms with Crippen molar-refractivity contribution in [1.82, 2.24) is 9.97 Å². The zero-order valence-corrected chi connectivity index (χ0v) is 11.9. The fourth-order valence-corrected chi connectivity index (χ4v) is 1.74. The summed E-state index contributed by atoms with van der Waals surface area (Å²) < 4.78 is 18.6. The highest BCUT2D eigenvalue weighted by molar-refractivity contribution is 9.10. The molecule has 10 heteroatoms. The van der Waals surface area contributed by atoms with Crippen LogP contribution in [0, 0.1) is 15.9 Å². The van der Waals surface area contributed by atoms with Gasteiger partial charge in [-0.2, -0.15) is 4.98 Å². The molecule has 0 spiro atoms. The van der Waals surface area contributed by atoms with Crippen LogP contribution in [-0.2, 0) is 0 Å². The van der Waals surface area contributed by atoms with Crippen molar-refractivity contribution in [2.75, 3.05) is 5.73 Å². The third-order valence-corrected chi connectivity index (χ3v) is 3.11. The first kappa shape index (κ1) is 14.4. The summed E-state index contributed by atoms with van der Waals surface area (Å²) in [5, 5.41) is 10.8. The molecule has 0 unspecified atom stereocenters. The average molecular weight is 364 g/mol. The SMILES string of the molecule is Nc1c(Cl)ncnc1Oc1cc(F)c(Br)cc1[N+](=O)[O-]. The summed E-state index contributed by atoms with van der Waals surface area (Å²) in [4.78, 5) is 17.5. The fraction of sp³-hybridized carbons (Fsp3) is 0. The van der Waals surface area contributed by atoms with Gasteiger partial charge in [-0.05, 0) is 15.9 Å². The highest BCUT2D eigenvalue weighted by atomic mass is 79.9. The van der Waals surface area contributed by atoms with E-state index in [4.69, 9.17) is 22.1 Å². The van der Waals surface area contributed by atoms with Gasteiger partial charge in [-0.25, -0.2) is 9.37 Å². The minimum absolute atomic E-state index is 0.0646. The molecule has 1 aromatic heterocycles. The minimum atomic E-state index is -0.732. The maximum Gasteiger partial charge on any atom is 0.312 e. The Morgan fingerprint density at radius 1 is 1.45 bits per heavy atom. The molecule has 0 fully saturated rings. The Hall–Kier alpha value is -2.00. The molecule has 0 aliphatic rings. The second-order valence-electron chi connectivity index (χ2n) is 3.48. The summed E-state index contributed by atoms with van der Waals surface area (Å²) in [5.74, 6) is -1.28. The van der Waals surface area contributed by atoms with Gasteiger partial charge in [0.15, 0.2) is 5.15 Å². The van der Waals surface area contributed by atoms with Crippen LogP contribution in [0.25, 0.3) is 0 Å². The number of hydrogen-bond donors (Lipinski definition) is 1. The van der Waals surface area contributed by atoms with Crippen LogP contribution in [-0.4, -0.2) is 14.9 Å². The first-order valence-electron chi connectivity index (χ1n) is 4.97. The van der Waals surface area contributed by atoms with E-state index in [0.29, 0.717) is 0 Å². The molecule has 2 aromatic rings. The molecule has 0 radical (unpaired) electrons. The maximum absolute atomic E-state index is 13.5. The number of nitro groups is 1. The van der Waals surface area contributed by atoms with Gasteiger partial charge in [-0.3, -0.25) is 10.1 Å². The summed E-state index contributed by atoms with van der Waals surface area (Å²) in [7, 11) is 0. The predicted octanol–water partition coefficient (Wildman–Crippen LogP) is 3.31. The monoisotopic (exact) mass is 362 g/mol. The topological polar surface area (TPSA) is 104 Å². The number of hydrogen-bond acceptors (Lipinski definition) is 6. The van der Waals surface area contributed by atoms with Crippen LogP contribution in [0.1, 0.15) is 0 Å². The summed E-state index contributed by atoms with van der Waals surface area (Å²) in [5.41, 5.74) is 5.01. The van der Waals surface area contributed by atoms with Crippen LogP contribution in [0.4, 0.5) is 15.8 Å². The molecule has 0 saturated heterocycles. The lowest BCUT2D eigenvalue weighted by molar-refractivity contribution is -0.385. The van der Waals surface area contributed by atoms with E-state index >= 15 is 0 Å². The number of halogens is 3.